The van der Waals surface area contributed by atoms with Gasteiger partial charge in [-0.25, -0.2) is 4.98 Å². The normalized spacial score (nSPS) is 26.6. The minimum Gasteiger partial charge on any atom is -0.367 e. The maximum atomic E-state index is 5.77. The van der Waals surface area contributed by atoms with Crippen molar-refractivity contribution in [1.82, 2.24) is 4.98 Å². The van der Waals surface area contributed by atoms with Crippen molar-refractivity contribution < 1.29 is 0 Å². The molecule has 1 N–H and O–H groups in total. The van der Waals surface area contributed by atoms with E-state index in [9.17, 15) is 0 Å². The van der Waals surface area contributed by atoms with Crippen LogP contribution in [0, 0.1) is 5.92 Å². The van der Waals surface area contributed by atoms with E-state index in [1.807, 2.05) is 12.1 Å². The minimum absolute atomic E-state index is 0.553. The van der Waals surface area contributed by atoms with Gasteiger partial charge in [-0.2, -0.15) is 0 Å². The third-order valence-electron chi connectivity index (χ3n) is 2.67. The largest absolute Gasteiger partial charge is 0.367 e. The number of hydrogen-bond donors (Lipinski definition) is 1. The first-order valence-electron chi connectivity index (χ1n) is 4.65. The van der Waals surface area contributed by atoms with Gasteiger partial charge < -0.3 is 5.32 Å². The predicted molar refractivity (Wildman–Crippen MR) is 55.1 cm³/mol. The average molecular weight is 197 g/mol. The summed E-state index contributed by atoms with van der Waals surface area (Å²) in [5.74, 6) is 1.66. The molecule has 1 saturated carbocycles. The Kier molecular flexibility index (Phi) is 2.40. The Morgan fingerprint density at radius 2 is 2.31 bits per heavy atom. The minimum atomic E-state index is 0.553. The van der Waals surface area contributed by atoms with Gasteiger partial charge in [0.05, 0.1) is 0 Å². The SMILES string of the molecule is CC1CCC1Nc1cccc(Cl)n1. The van der Waals surface area contributed by atoms with E-state index in [4.69, 9.17) is 11.6 Å². The number of aromatic nitrogens is 1. The number of halogens is 1. The highest BCUT2D eigenvalue weighted by atomic mass is 35.5. The molecule has 1 aromatic heterocycles. The Hall–Kier alpha value is -0.760. The lowest BCUT2D eigenvalue weighted by molar-refractivity contribution is 0.303. The van der Waals surface area contributed by atoms with Gasteiger partial charge in [-0.3, -0.25) is 0 Å². The lowest BCUT2D eigenvalue weighted by Crippen LogP contribution is -2.36. The number of nitrogens with zero attached hydrogens (tertiary/aromatic N) is 1. The van der Waals surface area contributed by atoms with Gasteiger partial charge in [0.2, 0.25) is 0 Å². The molecule has 0 radical (unpaired) electrons. The summed E-state index contributed by atoms with van der Waals surface area (Å²) >= 11 is 5.77. The van der Waals surface area contributed by atoms with Crippen molar-refractivity contribution in [3.63, 3.8) is 0 Å². The molecule has 13 heavy (non-hydrogen) atoms. The van der Waals surface area contributed by atoms with Crippen molar-refractivity contribution in [3.05, 3.63) is 23.4 Å². The number of pyridine rings is 1. The first-order chi connectivity index (χ1) is 6.25. The lowest BCUT2D eigenvalue weighted by Gasteiger charge is -2.34. The maximum Gasteiger partial charge on any atom is 0.131 e. The average Bonchev–Trinajstić information content (AvgIpc) is 2.12. The van der Waals surface area contributed by atoms with Gasteiger partial charge in [0, 0.05) is 6.04 Å². The first kappa shape index (κ1) is 8.82. The molecule has 1 heterocycles. The number of rotatable bonds is 2. The van der Waals surface area contributed by atoms with E-state index in [0.717, 1.165) is 11.7 Å². The summed E-state index contributed by atoms with van der Waals surface area (Å²) in [7, 11) is 0. The van der Waals surface area contributed by atoms with Gasteiger partial charge >= 0.3 is 0 Å². The highest BCUT2D eigenvalue weighted by Crippen LogP contribution is 2.29. The van der Waals surface area contributed by atoms with Gasteiger partial charge in [-0.05, 0) is 30.9 Å². The van der Waals surface area contributed by atoms with Gasteiger partial charge in [-0.1, -0.05) is 24.6 Å². The standard InChI is InChI=1S/C10H13ClN2/c1-7-5-6-8(7)12-10-4-2-3-9(11)13-10/h2-4,7-8H,5-6H2,1H3,(H,12,13). The molecular formula is C10H13ClN2. The van der Waals surface area contributed by atoms with Crippen LogP contribution in [0.4, 0.5) is 5.82 Å². The zero-order valence-electron chi connectivity index (χ0n) is 7.63. The van der Waals surface area contributed by atoms with Crippen LogP contribution >= 0.6 is 11.6 Å². The third-order valence-corrected chi connectivity index (χ3v) is 2.88. The Morgan fingerprint density at radius 1 is 1.46 bits per heavy atom. The smallest absolute Gasteiger partial charge is 0.131 e. The van der Waals surface area contributed by atoms with Crippen LogP contribution in [0.3, 0.4) is 0 Å². The highest BCUT2D eigenvalue weighted by Gasteiger charge is 2.26. The number of nitrogens with one attached hydrogen (secondary N) is 1. The van der Waals surface area contributed by atoms with Gasteiger partial charge in [0.25, 0.3) is 0 Å². The third kappa shape index (κ3) is 1.94. The topological polar surface area (TPSA) is 24.9 Å². The van der Waals surface area contributed by atoms with E-state index in [-0.39, 0.29) is 0 Å². The fourth-order valence-electron chi connectivity index (χ4n) is 1.56. The van der Waals surface area contributed by atoms with Crippen molar-refractivity contribution >= 4 is 17.4 Å². The van der Waals surface area contributed by atoms with Crippen molar-refractivity contribution in [2.45, 2.75) is 25.8 Å². The van der Waals surface area contributed by atoms with Crippen molar-refractivity contribution in [1.29, 1.82) is 0 Å². The molecule has 0 aliphatic heterocycles. The van der Waals surface area contributed by atoms with E-state index in [1.165, 1.54) is 12.8 Å². The summed E-state index contributed by atoms with van der Waals surface area (Å²) in [6, 6.07) is 6.25. The fourth-order valence-corrected chi connectivity index (χ4v) is 1.72. The van der Waals surface area contributed by atoms with Crippen LogP contribution < -0.4 is 5.32 Å². The summed E-state index contributed by atoms with van der Waals surface area (Å²) in [6.07, 6.45) is 2.56. The van der Waals surface area contributed by atoms with Crippen molar-refractivity contribution in [2.24, 2.45) is 5.92 Å². The van der Waals surface area contributed by atoms with Gasteiger partial charge in [0.1, 0.15) is 11.0 Å². The molecule has 0 bridgehead atoms. The monoisotopic (exact) mass is 196 g/mol. The highest BCUT2D eigenvalue weighted by molar-refractivity contribution is 6.29. The Labute approximate surface area is 83.3 Å². The fraction of sp³-hybridized carbons (Fsp3) is 0.500. The van der Waals surface area contributed by atoms with Gasteiger partial charge in [0.15, 0.2) is 0 Å². The van der Waals surface area contributed by atoms with Crippen molar-refractivity contribution in [3.8, 4) is 0 Å². The van der Waals surface area contributed by atoms with Crippen molar-refractivity contribution in [2.75, 3.05) is 5.32 Å². The molecule has 0 amide bonds. The Bertz CT molecular complexity index is 301. The Balaban J connectivity index is 2.01. The molecule has 1 aromatic rings. The molecule has 1 aliphatic rings. The molecule has 1 aliphatic carbocycles. The van der Waals surface area contributed by atoms with E-state index >= 15 is 0 Å². The first-order valence-corrected chi connectivity index (χ1v) is 5.02. The van der Waals surface area contributed by atoms with E-state index in [1.54, 1.807) is 6.07 Å². The van der Waals surface area contributed by atoms with Crippen LogP contribution in [0.25, 0.3) is 0 Å². The summed E-state index contributed by atoms with van der Waals surface area (Å²) in [4.78, 5) is 4.18. The summed E-state index contributed by atoms with van der Waals surface area (Å²) in [6.45, 7) is 2.26. The lowest BCUT2D eigenvalue weighted by atomic mass is 9.81. The quantitative estimate of drug-likeness (QED) is 0.736. The second-order valence-electron chi connectivity index (χ2n) is 3.65. The molecule has 70 valence electrons. The second-order valence-corrected chi connectivity index (χ2v) is 4.04. The zero-order valence-corrected chi connectivity index (χ0v) is 8.38. The van der Waals surface area contributed by atoms with E-state index in [0.29, 0.717) is 11.2 Å². The molecular weight excluding hydrogens is 184 g/mol. The second kappa shape index (κ2) is 3.54. The van der Waals surface area contributed by atoms with Gasteiger partial charge in [-0.15, -0.1) is 0 Å². The van der Waals surface area contributed by atoms with Crippen LogP contribution in [0.2, 0.25) is 5.15 Å². The van der Waals surface area contributed by atoms with Crippen LogP contribution in [0.1, 0.15) is 19.8 Å². The molecule has 1 fully saturated rings. The van der Waals surface area contributed by atoms with Crippen LogP contribution in [-0.4, -0.2) is 11.0 Å². The Morgan fingerprint density at radius 3 is 2.85 bits per heavy atom. The maximum absolute atomic E-state index is 5.77. The number of anilines is 1. The number of hydrogen-bond acceptors (Lipinski definition) is 2. The summed E-state index contributed by atoms with van der Waals surface area (Å²) in [5, 5.41) is 3.93. The predicted octanol–water partition coefficient (Wildman–Crippen LogP) is 2.95. The molecule has 0 aromatic carbocycles. The van der Waals surface area contributed by atoms with E-state index < -0.39 is 0 Å². The zero-order chi connectivity index (χ0) is 9.26. The molecule has 0 saturated heterocycles. The van der Waals surface area contributed by atoms with Crippen LogP contribution in [0.15, 0.2) is 18.2 Å². The molecule has 2 rings (SSSR count). The molecule has 0 spiro atoms. The summed E-state index contributed by atoms with van der Waals surface area (Å²) < 4.78 is 0. The molecule has 3 heteroatoms. The van der Waals surface area contributed by atoms with E-state index in [2.05, 4.69) is 17.2 Å². The molecule has 2 nitrogen and oxygen atoms in total. The molecule has 2 atom stereocenters. The van der Waals surface area contributed by atoms with Crippen LogP contribution in [0.5, 0.6) is 0 Å². The van der Waals surface area contributed by atoms with Crippen LogP contribution in [-0.2, 0) is 0 Å². The summed E-state index contributed by atoms with van der Waals surface area (Å²) in [5.41, 5.74) is 0. The molecule has 2 unspecified atom stereocenters.